The van der Waals surface area contributed by atoms with Gasteiger partial charge in [-0.1, -0.05) is 41.0 Å². The van der Waals surface area contributed by atoms with Crippen LogP contribution in [-0.4, -0.2) is 35.2 Å². The number of aliphatic hydroxyl groups excluding tert-OH is 1. The van der Waals surface area contributed by atoms with E-state index in [1.165, 1.54) is 32.1 Å². The van der Waals surface area contributed by atoms with Crippen LogP contribution < -0.4 is 0 Å². The molecule has 2 heteroatoms. The lowest BCUT2D eigenvalue weighted by Gasteiger charge is -2.45. The van der Waals surface area contributed by atoms with E-state index in [4.69, 9.17) is 0 Å². The van der Waals surface area contributed by atoms with Crippen molar-refractivity contribution in [2.24, 2.45) is 11.3 Å². The zero-order valence-electron chi connectivity index (χ0n) is 13.8. The van der Waals surface area contributed by atoms with Crippen molar-refractivity contribution < 1.29 is 5.11 Å². The highest BCUT2D eigenvalue weighted by atomic mass is 16.3. The molecule has 1 aliphatic rings. The van der Waals surface area contributed by atoms with Gasteiger partial charge in [0.2, 0.25) is 0 Å². The predicted octanol–water partition coefficient (Wildman–Crippen LogP) is 4.07. The molecular formula is C17H35NO. The molecule has 19 heavy (non-hydrogen) atoms. The van der Waals surface area contributed by atoms with E-state index in [-0.39, 0.29) is 6.10 Å². The Kier molecular flexibility index (Phi) is 6.82. The van der Waals surface area contributed by atoms with E-state index < -0.39 is 0 Å². The standard InChI is InChI=1S/C17H35NO/c1-6-11-18(12-7-2)15-13-14(9-10-16(15)19)17(4,5)8-3/h14-16,19H,6-13H2,1-5H3. The maximum Gasteiger partial charge on any atom is 0.0695 e. The minimum absolute atomic E-state index is 0.109. The highest BCUT2D eigenvalue weighted by Gasteiger charge is 2.38. The molecule has 1 rings (SSSR count). The fourth-order valence-electron chi connectivity index (χ4n) is 3.54. The van der Waals surface area contributed by atoms with Crippen molar-refractivity contribution in [1.29, 1.82) is 0 Å². The molecular weight excluding hydrogens is 234 g/mol. The Morgan fingerprint density at radius 3 is 2.11 bits per heavy atom. The van der Waals surface area contributed by atoms with Crippen LogP contribution in [0.1, 0.15) is 73.1 Å². The summed E-state index contributed by atoms with van der Waals surface area (Å²) in [4.78, 5) is 2.54. The van der Waals surface area contributed by atoms with Gasteiger partial charge < -0.3 is 5.11 Å². The number of nitrogens with zero attached hydrogens (tertiary/aromatic N) is 1. The van der Waals surface area contributed by atoms with Gasteiger partial charge >= 0.3 is 0 Å². The van der Waals surface area contributed by atoms with E-state index in [1.54, 1.807) is 0 Å². The summed E-state index contributed by atoms with van der Waals surface area (Å²) in [7, 11) is 0. The van der Waals surface area contributed by atoms with Gasteiger partial charge in [-0.15, -0.1) is 0 Å². The fourth-order valence-corrected chi connectivity index (χ4v) is 3.54. The summed E-state index contributed by atoms with van der Waals surface area (Å²) in [5.41, 5.74) is 0.419. The minimum atomic E-state index is -0.109. The lowest BCUT2D eigenvalue weighted by atomic mass is 9.67. The van der Waals surface area contributed by atoms with Crippen LogP contribution in [0.5, 0.6) is 0 Å². The van der Waals surface area contributed by atoms with Crippen LogP contribution in [0.3, 0.4) is 0 Å². The molecule has 1 aliphatic carbocycles. The molecule has 0 amide bonds. The summed E-state index contributed by atoms with van der Waals surface area (Å²) < 4.78 is 0. The second-order valence-corrected chi connectivity index (χ2v) is 7.02. The Bertz CT molecular complexity index is 246. The molecule has 0 spiro atoms. The first-order valence-corrected chi connectivity index (χ1v) is 8.38. The molecule has 0 aromatic rings. The third-order valence-corrected chi connectivity index (χ3v) is 5.29. The van der Waals surface area contributed by atoms with Crippen LogP contribution >= 0.6 is 0 Å². The van der Waals surface area contributed by atoms with Crippen molar-refractivity contribution in [1.82, 2.24) is 4.90 Å². The first-order valence-electron chi connectivity index (χ1n) is 8.38. The Morgan fingerprint density at radius 2 is 1.63 bits per heavy atom. The maximum atomic E-state index is 10.4. The van der Waals surface area contributed by atoms with E-state index in [0.717, 1.165) is 25.4 Å². The average molecular weight is 269 g/mol. The summed E-state index contributed by atoms with van der Waals surface area (Å²) in [6.45, 7) is 13.9. The molecule has 0 heterocycles. The van der Waals surface area contributed by atoms with E-state index >= 15 is 0 Å². The van der Waals surface area contributed by atoms with Crippen LogP contribution in [0.2, 0.25) is 0 Å². The molecule has 0 aromatic carbocycles. The van der Waals surface area contributed by atoms with Gasteiger partial charge in [0.15, 0.2) is 0 Å². The summed E-state index contributed by atoms with van der Waals surface area (Å²) in [5, 5.41) is 10.4. The molecule has 3 unspecified atom stereocenters. The van der Waals surface area contributed by atoms with Gasteiger partial charge in [0.05, 0.1) is 6.10 Å². The molecule has 1 N–H and O–H groups in total. The quantitative estimate of drug-likeness (QED) is 0.753. The summed E-state index contributed by atoms with van der Waals surface area (Å²) in [6.07, 6.45) is 6.87. The van der Waals surface area contributed by atoms with Gasteiger partial charge in [-0.05, 0) is 56.5 Å². The van der Waals surface area contributed by atoms with Gasteiger partial charge in [0.25, 0.3) is 0 Å². The Labute approximate surface area is 120 Å². The van der Waals surface area contributed by atoms with Gasteiger partial charge in [0.1, 0.15) is 0 Å². The largest absolute Gasteiger partial charge is 0.391 e. The van der Waals surface area contributed by atoms with E-state index in [2.05, 4.69) is 39.5 Å². The highest BCUT2D eigenvalue weighted by molar-refractivity contribution is 4.91. The maximum absolute atomic E-state index is 10.4. The smallest absolute Gasteiger partial charge is 0.0695 e. The molecule has 0 radical (unpaired) electrons. The topological polar surface area (TPSA) is 23.5 Å². The molecule has 114 valence electrons. The molecule has 2 nitrogen and oxygen atoms in total. The minimum Gasteiger partial charge on any atom is -0.391 e. The number of hydrogen-bond donors (Lipinski definition) is 1. The lowest BCUT2D eigenvalue weighted by Crippen LogP contribution is -2.49. The van der Waals surface area contributed by atoms with Crippen molar-refractivity contribution in [2.75, 3.05) is 13.1 Å². The van der Waals surface area contributed by atoms with Crippen LogP contribution in [0, 0.1) is 11.3 Å². The first kappa shape index (κ1) is 17.0. The normalized spacial score (nSPS) is 28.9. The van der Waals surface area contributed by atoms with Crippen molar-refractivity contribution in [3.63, 3.8) is 0 Å². The van der Waals surface area contributed by atoms with Crippen molar-refractivity contribution in [2.45, 2.75) is 85.3 Å². The van der Waals surface area contributed by atoms with Gasteiger partial charge in [-0.25, -0.2) is 0 Å². The number of hydrogen-bond acceptors (Lipinski definition) is 2. The van der Waals surface area contributed by atoms with Gasteiger partial charge in [-0.3, -0.25) is 4.90 Å². The third kappa shape index (κ3) is 4.46. The lowest BCUT2D eigenvalue weighted by molar-refractivity contribution is -0.0209. The number of aliphatic hydroxyl groups is 1. The van der Waals surface area contributed by atoms with E-state index in [0.29, 0.717) is 11.5 Å². The SMILES string of the molecule is CCCN(CCC)C1CC(C(C)(C)CC)CCC1O. The Hall–Kier alpha value is -0.0800. The van der Waals surface area contributed by atoms with Crippen LogP contribution in [0.4, 0.5) is 0 Å². The molecule has 1 fully saturated rings. The van der Waals surface area contributed by atoms with Crippen molar-refractivity contribution in [3.05, 3.63) is 0 Å². The molecule has 0 bridgehead atoms. The number of rotatable bonds is 7. The van der Waals surface area contributed by atoms with Crippen LogP contribution in [0.15, 0.2) is 0 Å². The first-order chi connectivity index (χ1) is 8.96. The van der Waals surface area contributed by atoms with Gasteiger partial charge in [0, 0.05) is 6.04 Å². The zero-order chi connectivity index (χ0) is 14.5. The fraction of sp³-hybridized carbons (Fsp3) is 1.00. The second-order valence-electron chi connectivity index (χ2n) is 7.02. The highest BCUT2D eigenvalue weighted by Crippen LogP contribution is 2.41. The molecule has 1 saturated carbocycles. The molecule has 0 aromatic heterocycles. The second kappa shape index (κ2) is 7.64. The summed E-state index contributed by atoms with van der Waals surface area (Å²) in [6, 6.07) is 0.393. The predicted molar refractivity (Wildman–Crippen MR) is 83.4 cm³/mol. The third-order valence-electron chi connectivity index (χ3n) is 5.29. The van der Waals surface area contributed by atoms with Crippen molar-refractivity contribution in [3.8, 4) is 0 Å². The molecule has 3 atom stereocenters. The van der Waals surface area contributed by atoms with Crippen molar-refractivity contribution >= 4 is 0 Å². The Morgan fingerprint density at radius 1 is 1.05 bits per heavy atom. The van der Waals surface area contributed by atoms with Gasteiger partial charge in [-0.2, -0.15) is 0 Å². The van der Waals surface area contributed by atoms with Crippen LogP contribution in [-0.2, 0) is 0 Å². The Balaban J connectivity index is 2.73. The average Bonchev–Trinajstić information content (AvgIpc) is 2.39. The summed E-state index contributed by atoms with van der Waals surface area (Å²) in [5.74, 6) is 0.766. The monoisotopic (exact) mass is 269 g/mol. The molecule has 0 saturated heterocycles. The summed E-state index contributed by atoms with van der Waals surface area (Å²) >= 11 is 0. The molecule has 0 aliphatic heterocycles. The van der Waals surface area contributed by atoms with Crippen LogP contribution in [0.25, 0.3) is 0 Å². The van der Waals surface area contributed by atoms with E-state index in [1.807, 2.05) is 0 Å². The van der Waals surface area contributed by atoms with E-state index in [9.17, 15) is 5.11 Å². The zero-order valence-corrected chi connectivity index (χ0v) is 13.8.